The average Bonchev–Trinajstić information content (AvgIpc) is 2.43. The summed E-state index contributed by atoms with van der Waals surface area (Å²) >= 11 is 0. The Bertz CT molecular complexity index is 421. The summed E-state index contributed by atoms with van der Waals surface area (Å²) < 4.78 is 4.95. The molecule has 1 aromatic rings. The first-order valence-electron chi connectivity index (χ1n) is 7.14. The van der Waals surface area contributed by atoms with Crippen LogP contribution in [0.2, 0.25) is 0 Å². The van der Waals surface area contributed by atoms with Crippen LogP contribution in [0, 0.1) is 6.92 Å². The smallest absolute Gasteiger partial charge is 0.236 e. The van der Waals surface area contributed by atoms with Crippen molar-refractivity contribution in [3.8, 4) is 0 Å². The molecule has 0 bridgehead atoms. The van der Waals surface area contributed by atoms with Crippen LogP contribution in [0.25, 0.3) is 0 Å². The van der Waals surface area contributed by atoms with Gasteiger partial charge in [-0.05, 0) is 32.8 Å². The molecular formula is C16H26N2O2. The fraction of sp³-hybridized carbons (Fsp3) is 0.562. The Labute approximate surface area is 121 Å². The molecule has 2 atom stereocenters. The number of amides is 1. The van der Waals surface area contributed by atoms with Gasteiger partial charge in [0.2, 0.25) is 5.91 Å². The lowest BCUT2D eigenvalue weighted by atomic mass is 10.1. The number of hydrogen-bond acceptors (Lipinski definition) is 3. The quantitative estimate of drug-likeness (QED) is 0.717. The molecule has 0 radical (unpaired) electrons. The van der Waals surface area contributed by atoms with Crippen molar-refractivity contribution >= 4 is 5.91 Å². The van der Waals surface area contributed by atoms with E-state index in [1.54, 1.807) is 7.11 Å². The van der Waals surface area contributed by atoms with E-state index in [0.717, 1.165) is 6.42 Å². The lowest BCUT2D eigenvalue weighted by Gasteiger charge is -2.20. The van der Waals surface area contributed by atoms with E-state index in [9.17, 15) is 4.79 Å². The zero-order chi connectivity index (χ0) is 15.0. The van der Waals surface area contributed by atoms with Crippen molar-refractivity contribution in [3.63, 3.8) is 0 Å². The van der Waals surface area contributed by atoms with Gasteiger partial charge in [-0.3, -0.25) is 10.1 Å². The van der Waals surface area contributed by atoms with Crippen molar-refractivity contribution in [1.29, 1.82) is 0 Å². The lowest BCUT2D eigenvalue weighted by Crippen LogP contribution is -2.43. The Kier molecular flexibility index (Phi) is 7.26. The maximum atomic E-state index is 11.9. The van der Waals surface area contributed by atoms with Gasteiger partial charge in [-0.1, -0.05) is 29.8 Å². The van der Waals surface area contributed by atoms with E-state index in [4.69, 9.17) is 4.74 Å². The average molecular weight is 278 g/mol. The van der Waals surface area contributed by atoms with Gasteiger partial charge in [0.25, 0.3) is 0 Å². The predicted octanol–water partition coefficient (Wildman–Crippen LogP) is 2.19. The highest BCUT2D eigenvalue weighted by molar-refractivity contribution is 5.81. The first kappa shape index (κ1) is 16.7. The molecule has 1 unspecified atom stereocenters. The fourth-order valence-corrected chi connectivity index (χ4v) is 2.07. The predicted molar refractivity (Wildman–Crippen MR) is 81.7 cm³/mol. The van der Waals surface area contributed by atoms with E-state index in [1.807, 2.05) is 13.0 Å². The molecule has 112 valence electrons. The molecule has 2 N–H and O–H groups in total. The highest BCUT2D eigenvalue weighted by atomic mass is 16.5. The zero-order valence-electron chi connectivity index (χ0n) is 12.9. The summed E-state index contributed by atoms with van der Waals surface area (Å²) in [5, 5.41) is 6.22. The van der Waals surface area contributed by atoms with Crippen LogP contribution >= 0.6 is 0 Å². The van der Waals surface area contributed by atoms with Gasteiger partial charge in [-0.25, -0.2) is 0 Å². The first-order chi connectivity index (χ1) is 9.54. The van der Waals surface area contributed by atoms with E-state index in [1.165, 1.54) is 11.1 Å². The summed E-state index contributed by atoms with van der Waals surface area (Å²) in [6.45, 7) is 7.35. The van der Waals surface area contributed by atoms with E-state index >= 15 is 0 Å². The molecule has 0 spiro atoms. The molecule has 0 aliphatic carbocycles. The van der Waals surface area contributed by atoms with E-state index < -0.39 is 0 Å². The topological polar surface area (TPSA) is 50.4 Å². The number of ether oxygens (including phenoxy) is 1. The third-order valence-electron chi connectivity index (χ3n) is 3.26. The molecule has 4 heteroatoms. The molecule has 0 aliphatic heterocycles. The van der Waals surface area contributed by atoms with Gasteiger partial charge >= 0.3 is 0 Å². The Hall–Kier alpha value is -1.39. The minimum atomic E-state index is -0.215. The molecular weight excluding hydrogens is 252 g/mol. The van der Waals surface area contributed by atoms with Crippen LogP contribution in [0.4, 0.5) is 0 Å². The molecule has 4 nitrogen and oxygen atoms in total. The van der Waals surface area contributed by atoms with Gasteiger partial charge in [0.1, 0.15) is 0 Å². The number of carbonyl (C=O) groups excluding carboxylic acids is 1. The number of methoxy groups -OCH3 is 1. The summed E-state index contributed by atoms with van der Waals surface area (Å²) in [4.78, 5) is 11.9. The van der Waals surface area contributed by atoms with Crippen LogP contribution in [-0.2, 0) is 9.53 Å². The standard InChI is InChI=1S/C16H26N2O2/c1-12-7-5-8-15(11-12)13(2)18-14(3)16(19)17-9-6-10-20-4/h5,7-8,11,13-14,18H,6,9-10H2,1-4H3,(H,17,19)/t13-,14?/m1/s1. The second kappa shape index (κ2) is 8.72. The maximum absolute atomic E-state index is 11.9. The van der Waals surface area contributed by atoms with Crippen molar-refractivity contribution in [2.45, 2.75) is 39.3 Å². The van der Waals surface area contributed by atoms with Crippen molar-refractivity contribution in [3.05, 3.63) is 35.4 Å². The van der Waals surface area contributed by atoms with Crippen molar-refractivity contribution in [2.24, 2.45) is 0 Å². The summed E-state index contributed by atoms with van der Waals surface area (Å²) in [7, 11) is 1.66. The van der Waals surface area contributed by atoms with Gasteiger partial charge in [0.05, 0.1) is 6.04 Å². The molecule has 1 rings (SSSR count). The number of carbonyl (C=O) groups is 1. The van der Waals surface area contributed by atoms with Crippen molar-refractivity contribution in [1.82, 2.24) is 10.6 Å². The lowest BCUT2D eigenvalue weighted by molar-refractivity contribution is -0.122. The monoisotopic (exact) mass is 278 g/mol. The summed E-state index contributed by atoms with van der Waals surface area (Å²) in [6.07, 6.45) is 0.836. The molecule has 20 heavy (non-hydrogen) atoms. The van der Waals surface area contributed by atoms with Crippen LogP contribution in [0.3, 0.4) is 0 Å². The van der Waals surface area contributed by atoms with Crippen molar-refractivity contribution in [2.75, 3.05) is 20.3 Å². The highest BCUT2D eigenvalue weighted by Crippen LogP contribution is 2.14. The molecule has 0 aliphatic rings. The van der Waals surface area contributed by atoms with Gasteiger partial charge in [0, 0.05) is 26.3 Å². The Morgan fingerprint density at radius 1 is 1.35 bits per heavy atom. The van der Waals surface area contributed by atoms with Gasteiger partial charge in [-0.2, -0.15) is 0 Å². The fourth-order valence-electron chi connectivity index (χ4n) is 2.07. The van der Waals surface area contributed by atoms with Crippen molar-refractivity contribution < 1.29 is 9.53 Å². The largest absolute Gasteiger partial charge is 0.385 e. The number of benzene rings is 1. The third kappa shape index (κ3) is 5.72. The summed E-state index contributed by atoms with van der Waals surface area (Å²) in [5.41, 5.74) is 2.43. The summed E-state index contributed by atoms with van der Waals surface area (Å²) in [6, 6.07) is 8.26. The minimum absolute atomic E-state index is 0.0283. The first-order valence-corrected chi connectivity index (χ1v) is 7.14. The van der Waals surface area contributed by atoms with E-state index in [-0.39, 0.29) is 18.0 Å². The van der Waals surface area contributed by atoms with Gasteiger partial charge in [0.15, 0.2) is 0 Å². The maximum Gasteiger partial charge on any atom is 0.236 e. The van der Waals surface area contributed by atoms with E-state index in [0.29, 0.717) is 13.2 Å². The van der Waals surface area contributed by atoms with Crippen LogP contribution in [0.5, 0.6) is 0 Å². The SMILES string of the molecule is COCCCNC(=O)C(C)N[C@H](C)c1cccc(C)c1. The molecule has 0 aromatic heterocycles. The number of rotatable bonds is 8. The zero-order valence-corrected chi connectivity index (χ0v) is 12.9. The number of hydrogen-bond donors (Lipinski definition) is 2. The third-order valence-corrected chi connectivity index (χ3v) is 3.26. The second-order valence-corrected chi connectivity index (χ2v) is 5.16. The van der Waals surface area contributed by atoms with Crippen LogP contribution in [0.15, 0.2) is 24.3 Å². The van der Waals surface area contributed by atoms with Gasteiger partial charge in [-0.15, -0.1) is 0 Å². The number of aryl methyl sites for hydroxylation is 1. The molecule has 0 fully saturated rings. The second-order valence-electron chi connectivity index (χ2n) is 5.16. The van der Waals surface area contributed by atoms with Crippen LogP contribution < -0.4 is 10.6 Å². The molecule has 0 heterocycles. The molecule has 1 amide bonds. The van der Waals surface area contributed by atoms with Crippen LogP contribution in [-0.4, -0.2) is 32.2 Å². The van der Waals surface area contributed by atoms with E-state index in [2.05, 4.69) is 42.7 Å². The Balaban J connectivity index is 2.40. The molecule has 1 aromatic carbocycles. The minimum Gasteiger partial charge on any atom is -0.385 e. The van der Waals surface area contributed by atoms with Crippen LogP contribution in [0.1, 0.15) is 37.4 Å². The summed E-state index contributed by atoms with van der Waals surface area (Å²) in [5.74, 6) is 0.0283. The molecule has 0 saturated carbocycles. The molecule has 0 saturated heterocycles. The van der Waals surface area contributed by atoms with Gasteiger partial charge < -0.3 is 10.1 Å². The number of nitrogens with one attached hydrogen (secondary N) is 2. The Morgan fingerprint density at radius 2 is 2.10 bits per heavy atom. The Morgan fingerprint density at radius 3 is 2.75 bits per heavy atom. The highest BCUT2D eigenvalue weighted by Gasteiger charge is 2.15. The normalized spacial score (nSPS) is 13.8.